The number of rotatable bonds is 14. The van der Waals surface area contributed by atoms with Crippen molar-refractivity contribution < 1.29 is 31.8 Å². The topological polar surface area (TPSA) is 157 Å². The average molecular weight is 560 g/mol. The summed E-state index contributed by atoms with van der Waals surface area (Å²) in [7, 11) is -2.82. The quantitative estimate of drug-likeness (QED) is 0.219. The Balaban J connectivity index is 1.25. The van der Waals surface area contributed by atoms with E-state index in [9.17, 15) is 18.0 Å². The summed E-state index contributed by atoms with van der Waals surface area (Å²) in [6.45, 7) is 3.39. The van der Waals surface area contributed by atoms with Gasteiger partial charge in [-0.3, -0.25) is 9.59 Å². The van der Waals surface area contributed by atoms with Crippen LogP contribution < -0.4 is 10.6 Å². The third kappa shape index (κ3) is 6.91. The molecule has 0 spiro atoms. The molecule has 3 aromatic rings. The molecule has 1 aromatic carbocycles. The number of hydrogen-bond donors (Lipinski definition) is 2. The van der Waals surface area contributed by atoms with Crippen molar-refractivity contribution in [3.05, 3.63) is 53.5 Å². The van der Waals surface area contributed by atoms with Gasteiger partial charge in [0, 0.05) is 31.4 Å². The second-order valence-corrected chi connectivity index (χ2v) is 11.3. The van der Waals surface area contributed by atoms with E-state index in [1.165, 1.54) is 57.0 Å². The van der Waals surface area contributed by atoms with Crippen LogP contribution in [0, 0.1) is 0 Å². The van der Waals surface area contributed by atoms with Crippen molar-refractivity contribution in [1.82, 2.24) is 14.6 Å². The summed E-state index contributed by atoms with van der Waals surface area (Å²) in [5, 5.41) is 13.2. The van der Waals surface area contributed by atoms with Gasteiger partial charge in [0.1, 0.15) is 6.61 Å². The van der Waals surface area contributed by atoms with Gasteiger partial charge in [0.2, 0.25) is 10.0 Å². The van der Waals surface area contributed by atoms with Gasteiger partial charge in [0.25, 0.3) is 5.91 Å². The number of benzene rings is 1. The van der Waals surface area contributed by atoms with Crippen molar-refractivity contribution in [2.24, 2.45) is 0 Å². The molecule has 0 bridgehead atoms. The maximum atomic E-state index is 12.9. The van der Waals surface area contributed by atoms with E-state index in [0.29, 0.717) is 30.6 Å². The highest BCUT2D eigenvalue weighted by Gasteiger charge is 2.45. The van der Waals surface area contributed by atoms with Crippen molar-refractivity contribution in [2.45, 2.75) is 69.5 Å². The van der Waals surface area contributed by atoms with Gasteiger partial charge in [-0.1, -0.05) is 61.5 Å². The van der Waals surface area contributed by atoms with Crippen LogP contribution in [0.15, 0.2) is 50.3 Å². The van der Waals surface area contributed by atoms with Crippen LogP contribution in [0.25, 0.3) is 0 Å². The zero-order valence-electron chi connectivity index (χ0n) is 22.0. The number of anilines is 2. The highest BCUT2D eigenvalue weighted by atomic mass is 32.2. The Morgan fingerprint density at radius 2 is 1.72 bits per heavy atom. The van der Waals surface area contributed by atoms with Crippen LogP contribution in [0.4, 0.5) is 11.6 Å². The molecule has 1 amide bonds. The molecule has 13 heteroatoms. The van der Waals surface area contributed by atoms with Crippen LogP contribution in [0.2, 0.25) is 0 Å². The number of unbranched alkanes of at least 4 members (excludes halogenated alkanes) is 5. The lowest BCUT2D eigenvalue weighted by Crippen LogP contribution is -2.53. The van der Waals surface area contributed by atoms with Crippen LogP contribution >= 0.6 is 0 Å². The molecule has 1 unspecified atom stereocenters. The Morgan fingerprint density at radius 1 is 1.03 bits per heavy atom. The molecular formula is C26H33N5O7S. The summed E-state index contributed by atoms with van der Waals surface area (Å²) in [4.78, 5) is 25.7. The van der Waals surface area contributed by atoms with Crippen LogP contribution in [0.5, 0.6) is 0 Å². The molecular weight excluding hydrogens is 526 g/mol. The fraction of sp³-hybridized carbons (Fsp3) is 0.462. The first-order chi connectivity index (χ1) is 18.8. The van der Waals surface area contributed by atoms with Gasteiger partial charge in [-0.15, -0.1) is 0 Å². The SMILES string of the molecule is CCCCCCCCOCc1cc(NCc2cc(NC(=O)C3C(=O)c4ccccc4S(=O)(=O)N3C)no2)no1. The number of likely N-dealkylation sites (N-methyl/N-ethyl adjacent to an activating group) is 1. The van der Waals surface area contributed by atoms with Crippen molar-refractivity contribution in [2.75, 3.05) is 24.3 Å². The fourth-order valence-corrected chi connectivity index (χ4v) is 5.71. The third-order valence-corrected chi connectivity index (χ3v) is 8.25. The molecule has 0 saturated carbocycles. The number of amides is 1. The number of Topliss-reactive ketones (excluding diaryl/α,β-unsaturated/α-hetero) is 1. The van der Waals surface area contributed by atoms with E-state index in [4.69, 9.17) is 13.8 Å². The minimum Gasteiger partial charge on any atom is -0.373 e. The summed E-state index contributed by atoms with van der Waals surface area (Å²) in [5.74, 6) is 0.0213. The Bertz CT molecular complexity index is 1380. The van der Waals surface area contributed by atoms with Gasteiger partial charge in [0.15, 0.2) is 35.0 Å². The summed E-state index contributed by atoms with van der Waals surface area (Å²) in [5.41, 5.74) is -0.0272. The van der Waals surface area contributed by atoms with Gasteiger partial charge in [-0.05, 0) is 18.6 Å². The standard InChI is InChI=1S/C26H33N5O7S/c1-3-4-5-6-7-10-13-36-17-19-15-22(29-38-19)27-16-18-14-23(30-37-18)28-26(33)24-25(32)20-11-8-9-12-21(20)39(34,35)31(24)2/h8-9,11-12,14-15,24H,3-7,10,13,16-17H2,1-2H3,(H,27,29)(H,28,30,33). The predicted octanol–water partition coefficient (Wildman–Crippen LogP) is 3.98. The van der Waals surface area contributed by atoms with Crippen molar-refractivity contribution in [1.29, 1.82) is 0 Å². The van der Waals surface area contributed by atoms with Gasteiger partial charge < -0.3 is 24.4 Å². The van der Waals surface area contributed by atoms with E-state index in [1.54, 1.807) is 12.1 Å². The van der Waals surface area contributed by atoms with E-state index in [2.05, 4.69) is 27.9 Å². The second-order valence-electron chi connectivity index (χ2n) is 9.30. The van der Waals surface area contributed by atoms with E-state index in [0.717, 1.165) is 17.1 Å². The molecule has 1 aliphatic rings. The molecule has 12 nitrogen and oxygen atoms in total. The van der Waals surface area contributed by atoms with Crippen LogP contribution in [-0.2, 0) is 32.7 Å². The van der Waals surface area contributed by atoms with Crippen molar-refractivity contribution in [3.8, 4) is 0 Å². The molecule has 1 atom stereocenters. The average Bonchev–Trinajstić information content (AvgIpc) is 3.57. The Morgan fingerprint density at radius 3 is 2.54 bits per heavy atom. The predicted molar refractivity (Wildman–Crippen MR) is 142 cm³/mol. The monoisotopic (exact) mass is 559 g/mol. The highest BCUT2D eigenvalue weighted by Crippen LogP contribution is 2.29. The molecule has 0 aliphatic carbocycles. The fourth-order valence-electron chi connectivity index (χ4n) is 4.23. The molecule has 2 aromatic heterocycles. The molecule has 3 heterocycles. The van der Waals surface area contributed by atoms with Crippen molar-refractivity contribution >= 4 is 33.3 Å². The molecule has 0 radical (unpaired) electrons. The molecule has 2 N–H and O–H groups in total. The smallest absolute Gasteiger partial charge is 0.252 e. The Kier molecular flexibility index (Phi) is 9.49. The largest absolute Gasteiger partial charge is 0.373 e. The number of nitrogens with zero attached hydrogens (tertiary/aromatic N) is 3. The number of hydrogen-bond acceptors (Lipinski definition) is 10. The van der Waals surface area contributed by atoms with E-state index in [1.807, 2.05) is 0 Å². The van der Waals surface area contributed by atoms with Gasteiger partial charge in [-0.25, -0.2) is 8.42 Å². The van der Waals surface area contributed by atoms with E-state index in [-0.39, 0.29) is 22.8 Å². The number of carbonyl (C=O) groups is 2. The molecule has 39 heavy (non-hydrogen) atoms. The van der Waals surface area contributed by atoms with Gasteiger partial charge in [-0.2, -0.15) is 4.31 Å². The minimum absolute atomic E-state index is 0.0272. The van der Waals surface area contributed by atoms with E-state index < -0.39 is 27.8 Å². The molecule has 0 fully saturated rings. The zero-order valence-corrected chi connectivity index (χ0v) is 22.8. The highest BCUT2D eigenvalue weighted by molar-refractivity contribution is 7.89. The lowest BCUT2D eigenvalue weighted by Gasteiger charge is -2.30. The first kappa shape index (κ1) is 28.5. The lowest BCUT2D eigenvalue weighted by molar-refractivity contribution is -0.118. The summed E-state index contributed by atoms with van der Waals surface area (Å²) < 4.78 is 42.5. The summed E-state index contributed by atoms with van der Waals surface area (Å²) >= 11 is 0. The number of ether oxygens (including phenoxy) is 1. The summed E-state index contributed by atoms with van der Waals surface area (Å²) in [6, 6.07) is 7.41. The van der Waals surface area contributed by atoms with Gasteiger partial charge in [0.05, 0.1) is 11.4 Å². The van der Waals surface area contributed by atoms with Crippen LogP contribution in [0.1, 0.15) is 67.3 Å². The number of aromatic nitrogens is 2. The van der Waals surface area contributed by atoms with Crippen LogP contribution in [0.3, 0.4) is 0 Å². The first-order valence-corrected chi connectivity index (χ1v) is 14.4. The summed E-state index contributed by atoms with van der Waals surface area (Å²) in [6.07, 6.45) is 7.18. The minimum atomic E-state index is -4.01. The molecule has 210 valence electrons. The maximum absolute atomic E-state index is 12.9. The number of nitrogens with one attached hydrogen (secondary N) is 2. The van der Waals surface area contributed by atoms with Crippen LogP contribution in [-0.4, -0.2) is 54.4 Å². The van der Waals surface area contributed by atoms with Crippen molar-refractivity contribution in [3.63, 3.8) is 0 Å². The molecule has 0 saturated heterocycles. The zero-order chi connectivity index (χ0) is 27.8. The van der Waals surface area contributed by atoms with Gasteiger partial charge >= 0.3 is 0 Å². The number of ketones is 1. The Hall–Kier alpha value is -3.55. The number of carbonyl (C=O) groups excluding carboxylic acids is 2. The Labute approximate surface area is 227 Å². The first-order valence-electron chi connectivity index (χ1n) is 13.0. The normalized spacial score (nSPS) is 16.7. The number of sulfonamides is 1. The number of fused-ring (bicyclic) bond motifs is 1. The maximum Gasteiger partial charge on any atom is 0.252 e. The molecule has 1 aliphatic heterocycles. The lowest BCUT2D eigenvalue weighted by atomic mass is 10.0. The molecule has 4 rings (SSSR count). The van der Waals surface area contributed by atoms with E-state index >= 15 is 0 Å². The second kappa shape index (κ2) is 13.0. The third-order valence-electron chi connectivity index (χ3n) is 6.37.